The van der Waals surface area contributed by atoms with Crippen molar-refractivity contribution in [2.24, 2.45) is 5.92 Å². The molecule has 164 valence electrons. The average Bonchev–Trinajstić information content (AvgIpc) is 3.21. The molecule has 2 aliphatic rings. The number of rotatable bonds is 7. The number of carbonyl (C=O) groups is 2. The van der Waals surface area contributed by atoms with Crippen molar-refractivity contribution in [3.8, 4) is 17.2 Å². The summed E-state index contributed by atoms with van der Waals surface area (Å²) in [6, 6.07) is 12.9. The number of carbonyl (C=O) groups excluding carboxylic acids is 2. The van der Waals surface area contributed by atoms with Gasteiger partial charge < -0.3 is 24.4 Å². The van der Waals surface area contributed by atoms with E-state index < -0.39 is 0 Å². The fourth-order valence-electron chi connectivity index (χ4n) is 3.90. The maximum Gasteiger partial charge on any atom is 0.258 e. The molecule has 0 bridgehead atoms. The summed E-state index contributed by atoms with van der Waals surface area (Å²) in [4.78, 5) is 26.2. The fraction of sp³-hybridized carbons (Fsp3) is 0.417. The summed E-state index contributed by atoms with van der Waals surface area (Å²) in [7, 11) is 0. The number of hydrogen-bond donors (Lipinski definition) is 1. The van der Waals surface area contributed by atoms with Gasteiger partial charge in [0.15, 0.2) is 18.1 Å². The summed E-state index contributed by atoms with van der Waals surface area (Å²) < 4.78 is 16.9. The topological polar surface area (TPSA) is 77.1 Å². The molecule has 0 aromatic heterocycles. The summed E-state index contributed by atoms with van der Waals surface area (Å²) in [6.07, 6.45) is 1.48. The number of ether oxygens (including phenoxy) is 3. The Kier molecular flexibility index (Phi) is 6.30. The van der Waals surface area contributed by atoms with Gasteiger partial charge in [-0.2, -0.15) is 0 Å². The Labute approximate surface area is 182 Å². The predicted octanol–water partition coefficient (Wildman–Crippen LogP) is 3.48. The highest BCUT2D eigenvalue weighted by Gasteiger charge is 2.23. The minimum atomic E-state index is -0.201. The summed E-state index contributed by atoms with van der Waals surface area (Å²) >= 11 is 0. The third kappa shape index (κ3) is 4.93. The molecule has 2 aromatic rings. The lowest BCUT2D eigenvalue weighted by molar-refractivity contribution is -0.124. The van der Waals surface area contributed by atoms with Gasteiger partial charge in [0.2, 0.25) is 5.91 Å². The van der Waals surface area contributed by atoms with E-state index >= 15 is 0 Å². The molecule has 2 heterocycles. The van der Waals surface area contributed by atoms with Crippen LogP contribution in [0.4, 0.5) is 5.69 Å². The summed E-state index contributed by atoms with van der Waals surface area (Å²) in [5.41, 5.74) is 1.82. The average molecular weight is 424 g/mol. The lowest BCUT2D eigenvalue weighted by atomic mass is 9.95. The van der Waals surface area contributed by atoms with Crippen molar-refractivity contribution in [3.05, 3.63) is 48.0 Å². The SMILES string of the molecule is CC(C)C(NC(=O)COc1ccc(N2CCCC2=O)cc1)c1ccc2c(c1)OCCO2. The van der Waals surface area contributed by atoms with Crippen LogP contribution < -0.4 is 24.4 Å². The van der Waals surface area contributed by atoms with Gasteiger partial charge in [-0.25, -0.2) is 0 Å². The van der Waals surface area contributed by atoms with Crippen molar-refractivity contribution in [2.75, 3.05) is 31.3 Å². The van der Waals surface area contributed by atoms with Crippen LogP contribution >= 0.6 is 0 Å². The van der Waals surface area contributed by atoms with Crippen LogP contribution in [0.15, 0.2) is 42.5 Å². The van der Waals surface area contributed by atoms with Crippen molar-refractivity contribution in [1.82, 2.24) is 5.32 Å². The normalized spacial score (nSPS) is 16.4. The minimum Gasteiger partial charge on any atom is -0.486 e. The Morgan fingerprint density at radius 2 is 1.84 bits per heavy atom. The first kappa shape index (κ1) is 21.0. The van der Waals surface area contributed by atoms with E-state index in [9.17, 15) is 9.59 Å². The zero-order valence-electron chi connectivity index (χ0n) is 17.9. The molecule has 7 heteroatoms. The van der Waals surface area contributed by atoms with E-state index in [0.717, 1.165) is 30.0 Å². The van der Waals surface area contributed by atoms with Crippen LogP contribution in [0.2, 0.25) is 0 Å². The molecule has 1 saturated heterocycles. The van der Waals surface area contributed by atoms with Crippen LogP contribution in [0, 0.1) is 5.92 Å². The van der Waals surface area contributed by atoms with E-state index in [2.05, 4.69) is 19.2 Å². The smallest absolute Gasteiger partial charge is 0.258 e. The third-order valence-corrected chi connectivity index (χ3v) is 5.50. The highest BCUT2D eigenvalue weighted by molar-refractivity contribution is 5.95. The first-order chi connectivity index (χ1) is 15.0. The molecule has 1 atom stereocenters. The summed E-state index contributed by atoms with van der Waals surface area (Å²) in [5, 5.41) is 3.06. The van der Waals surface area contributed by atoms with Gasteiger partial charge in [0.25, 0.3) is 5.91 Å². The molecule has 0 radical (unpaired) electrons. The molecule has 31 heavy (non-hydrogen) atoms. The lowest BCUT2D eigenvalue weighted by Crippen LogP contribution is -2.35. The Morgan fingerprint density at radius 3 is 2.52 bits per heavy atom. The maximum atomic E-state index is 12.6. The van der Waals surface area contributed by atoms with Crippen LogP contribution in [0.1, 0.15) is 38.3 Å². The van der Waals surface area contributed by atoms with Gasteiger partial charge in [-0.3, -0.25) is 9.59 Å². The first-order valence-corrected chi connectivity index (χ1v) is 10.7. The third-order valence-electron chi connectivity index (χ3n) is 5.50. The van der Waals surface area contributed by atoms with Crippen molar-refractivity contribution in [2.45, 2.75) is 32.7 Å². The molecular formula is C24H28N2O5. The number of nitrogens with one attached hydrogen (secondary N) is 1. The Bertz CT molecular complexity index is 941. The first-order valence-electron chi connectivity index (χ1n) is 10.7. The number of benzene rings is 2. The minimum absolute atomic E-state index is 0.0875. The molecule has 0 saturated carbocycles. The van der Waals surface area contributed by atoms with Crippen LogP contribution in [0.5, 0.6) is 17.2 Å². The van der Waals surface area contributed by atoms with Crippen LogP contribution in [0.25, 0.3) is 0 Å². The lowest BCUT2D eigenvalue weighted by Gasteiger charge is -2.25. The molecule has 0 spiro atoms. The van der Waals surface area contributed by atoms with Gasteiger partial charge in [-0.1, -0.05) is 19.9 Å². The number of hydrogen-bond acceptors (Lipinski definition) is 5. The van der Waals surface area contributed by atoms with Crippen molar-refractivity contribution >= 4 is 17.5 Å². The molecule has 2 aliphatic heterocycles. The number of anilines is 1. The van der Waals surface area contributed by atoms with E-state index in [1.54, 1.807) is 17.0 Å². The molecule has 1 fully saturated rings. The van der Waals surface area contributed by atoms with E-state index in [4.69, 9.17) is 14.2 Å². The van der Waals surface area contributed by atoms with Crippen molar-refractivity contribution < 1.29 is 23.8 Å². The van der Waals surface area contributed by atoms with Crippen LogP contribution in [-0.4, -0.2) is 38.2 Å². The second kappa shape index (κ2) is 9.29. The van der Waals surface area contributed by atoms with Crippen molar-refractivity contribution in [1.29, 1.82) is 0 Å². The molecule has 2 amide bonds. The van der Waals surface area contributed by atoms with Crippen LogP contribution in [0.3, 0.4) is 0 Å². The highest BCUT2D eigenvalue weighted by Crippen LogP contribution is 2.34. The molecule has 1 unspecified atom stereocenters. The standard InChI is InChI=1S/C24H28N2O5/c1-16(2)24(17-5-10-20-21(14-17)30-13-12-29-20)25-22(27)15-31-19-8-6-18(7-9-19)26-11-3-4-23(26)28/h5-10,14,16,24H,3-4,11-13,15H2,1-2H3,(H,25,27). The van der Waals surface area contributed by atoms with Crippen molar-refractivity contribution in [3.63, 3.8) is 0 Å². The zero-order chi connectivity index (χ0) is 21.8. The van der Waals surface area contributed by atoms with Gasteiger partial charge >= 0.3 is 0 Å². The number of fused-ring (bicyclic) bond motifs is 1. The fourth-order valence-corrected chi connectivity index (χ4v) is 3.90. The Morgan fingerprint density at radius 1 is 1.10 bits per heavy atom. The van der Waals surface area contributed by atoms with Gasteiger partial charge in [0.1, 0.15) is 19.0 Å². The van der Waals surface area contributed by atoms with E-state index in [-0.39, 0.29) is 30.4 Å². The quantitative estimate of drug-likeness (QED) is 0.736. The highest BCUT2D eigenvalue weighted by atomic mass is 16.6. The molecule has 0 aliphatic carbocycles. The monoisotopic (exact) mass is 424 g/mol. The maximum absolute atomic E-state index is 12.6. The summed E-state index contributed by atoms with van der Waals surface area (Å²) in [6.45, 7) is 5.84. The largest absolute Gasteiger partial charge is 0.486 e. The van der Waals surface area contributed by atoms with E-state index in [0.29, 0.717) is 31.1 Å². The van der Waals surface area contributed by atoms with E-state index in [1.165, 1.54) is 0 Å². The Balaban J connectivity index is 1.35. The Hall–Kier alpha value is -3.22. The van der Waals surface area contributed by atoms with Crippen LogP contribution in [-0.2, 0) is 9.59 Å². The summed E-state index contributed by atoms with van der Waals surface area (Å²) in [5.74, 6) is 2.15. The number of amides is 2. The molecule has 1 N–H and O–H groups in total. The number of nitrogens with zero attached hydrogens (tertiary/aromatic N) is 1. The molecule has 4 rings (SSSR count). The van der Waals surface area contributed by atoms with Gasteiger partial charge in [-0.05, 0) is 54.3 Å². The second-order valence-corrected chi connectivity index (χ2v) is 8.12. The molecule has 7 nitrogen and oxygen atoms in total. The predicted molar refractivity (Wildman–Crippen MR) is 117 cm³/mol. The van der Waals surface area contributed by atoms with E-state index in [1.807, 2.05) is 30.3 Å². The second-order valence-electron chi connectivity index (χ2n) is 8.12. The molecule has 2 aromatic carbocycles. The zero-order valence-corrected chi connectivity index (χ0v) is 17.9. The van der Waals surface area contributed by atoms with Gasteiger partial charge in [0.05, 0.1) is 6.04 Å². The molecular weight excluding hydrogens is 396 g/mol. The van der Waals surface area contributed by atoms with Gasteiger partial charge in [0, 0.05) is 18.7 Å². The van der Waals surface area contributed by atoms with Gasteiger partial charge in [-0.15, -0.1) is 0 Å².